The Bertz CT molecular complexity index is 514. The smallest absolute Gasteiger partial charge is 0.138 e. The molecule has 0 amide bonds. The van der Waals surface area contributed by atoms with Gasteiger partial charge in [0.05, 0.1) is 11.9 Å². The zero-order valence-electron chi connectivity index (χ0n) is 9.87. The lowest BCUT2D eigenvalue weighted by Gasteiger charge is -2.10. The molecule has 1 saturated carbocycles. The van der Waals surface area contributed by atoms with Crippen molar-refractivity contribution < 1.29 is 5.11 Å². The summed E-state index contributed by atoms with van der Waals surface area (Å²) in [5.74, 6) is 1.20. The Morgan fingerprint density at radius 1 is 1.29 bits per heavy atom. The van der Waals surface area contributed by atoms with Crippen LogP contribution in [0.25, 0.3) is 11.3 Å². The summed E-state index contributed by atoms with van der Waals surface area (Å²) in [6.45, 7) is 0. The highest BCUT2D eigenvalue weighted by atomic mass is 16.3. The van der Waals surface area contributed by atoms with Crippen molar-refractivity contribution in [3.8, 4) is 11.3 Å². The fraction of sp³-hybridized carbons (Fsp3) is 0.357. The van der Waals surface area contributed by atoms with E-state index in [4.69, 9.17) is 0 Å². The predicted octanol–water partition coefficient (Wildman–Crippen LogP) is 2.53. The van der Waals surface area contributed by atoms with Crippen LogP contribution in [0, 0.1) is 5.92 Å². The summed E-state index contributed by atoms with van der Waals surface area (Å²) in [6.07, 6.45) is 3.68. The average molecular weight is 228 g/mol. The van der Waals surface area contributed by atoms with Gasteiger partial charge in [-0.3, -0.25) is 0 Å². The Balaban J connectivity index is 1.97. The van der Waals surface area contributed by atoms with Crippen molar-refractivity contribution in [2.24, 2.45) is 13.0 Å². The predicted molar refractivity (Wildman–Crippen MR) is 66.3 cm³/mol. The number of benzene rings is 1. The molecule has 1 unspecified atom stereocenters. The van der Waals surface area contributed by atoms with Crippen molar-refractivity contribution in [1.29, 1.82) is 0 Å². The molecule has 0 saturated heterocycles. The van der Waals surface area contributed by atoms with E-state index in [-0.39, 0.29) is 0 Å². The lowest BCUT2D eigenvalue weighted by atomic mass is 10.1. The summed E-state index contributed by atoms with van der Waals surface area (Å²) in [7, 11) is 1.97. The minimum absolute atomic E-state index is 0.405. The number of aliphatic hydroxyl groups excluding tert-OH is 1. The normalized spacial score (nSPS) is 17.1. The Morgan fingerprint density at radius 3 is 2.65 bits per heavy atom. The molecule has 88 valence electrons. The van der Waals surface area contributed by atoms with E-state index in [0.717, 1.165) is 29.9 Å². The van der Waals surface area contributed by atoms with Crippen LogP contribution in [0.2, 0.25) is 0 Å². The molecule has 1 aromatic carbocycles. The largest absolute Gasteiger partial charge is 0.385 e. The van der Waals surface area contributed by atoms with E-state index < -0.39 is 6.10 Å². The van der Waals surface area contributed by atoms with Gasteiger partial charge in [-0.25, -0.2) is 4.98 Å². The first-order valence-electron chi connectivity index (χ1n) is 6.02. The number of rotatable bonds is 3. The number of nitrogens with zero attached hydrogens (tertiary/aromatic N) is 2. The Kier molecular flexibility index (Phi) is 2.48. The van der Waals surface area contributed by atoms with Crippen molar-refractivity contribution in [1.82, 2.24) is 9.55 Å². The van der Waals surface area contributed by atoms with Gasteiger partial charge in [0.15, 0.2) is 0 Å². The Morgan fingerprint density at radius 2 is 2.00 bits per heavy atom. The lowest BCUT2D eigenvalue weighted by molar-refractivity contribution is 0.141. The van der Waals surface area contributed by atoms with Crippen LogP contribution in [0.1, 0.15) is 24.8 Å². The van der Waals surface area contributed by atoms with E-state index in [0.29, 0.717) is 5.92 Å². The molecule has 2 aromatic rings. The molecular formula is C14H16N2O. The molecule has 1 heterocycles. The van der Waals surface area contributed by atoms with Crippen LogP contribution in [-0.2, 0) is 7.05 Å². The molecule has 3 heteroatoms. The van der Waals surface area contributed by atoms with E-state index in [1.54, 1.807) is 0 Å². The van der Waals surface area contributed by atoms with Crippen LogP contribution in [-0.4, -0.2) is 14.7 Å². The molecule has 3 rings (SSSR count). The maximum absolute atomic E-state index is 10.1. The van der Waals surface area contributed by atoms with E-state index in [1.807, 2.05) is 36.0 Å². The van der Waals surface area contributed by atoms with Crippen molar-refractivity contribution in [3.05, 3.63) is 42.4 Å². The van der Waals surface area contributed by atoms with Crippen LogP contribution in [0.4, 0.5) is 0 Å². The SMILES string of the molecule is Cn1c(-c2ccccc2)cnc1C(O)C1CC1. The molecule has 0 bridgehead atoms. The van der Waals surface area contributed by atoms with Crippen molar-refractivity contribution in [2.45, 2.75) is 18.9 Å². The van der Waals surface area contributed by atoms with Crippen LogP contribution in [0.15, 0.2) is 36.5 Å². The molecule has 17 heavy (non-hydrogen) atoms. The van der Waals surface area contributed by atoms with Gasteiger partial charge in [0, 0.05) is 7.05 Å². The minimum Gasteiger partial charge on any atom is -0.385 e. The summed E-state index contributed by atoms with van der Waals surface area (Å²) >= 11 is 0. The molecule has 1 aromatic heterocycles. The molecule has 1 atom stereocenters. The van der Waals surface area contributed by atoms with Gasteiger partial charge in [-0.2, -0.15) is 0 Å². The monoisotopic (exact) mass is 228 g/mol. The standard InChI is InChI=1S/C14H16N2O/c1-16-12(10-5-3-2-4-6-10)9-15-14(16)13(17)11-7-8-11/h2-6,9,11,13,17H,7-8H2,1H3. The Hall–Kier alpha value is -1.61. The van der Waals surface area contributed by atoms with E-state index in [1.165, 1.54) is 0 Å². The van der Waals surface area contributed by atoms with Gasteiger partial charge < -0.3 is 9.67 Å². The fourth-order valence-corrected chi connectivity index (χ4v) is 2.20. The highest BCUT2D eigenvalue weighted by Gasteiger charge is 2.33. The maximum atomic E-state index is 10.1. The first-order chi connectivity index (χ1) is 8.27. The highest BCUT2D eigenvalue weighted by molar-refractivity contribution is 5.59. The number of hydrogen-bond acceptors (Lipinski definition) is 2. The van der Waals surface area contributed by atoms with Crippen LogP contribution in [0.3, 0.4) is 0 Å². The zero-order valence-corrected chi connectivity index (χ0v) is 9.87. The van der Waals surface area contributed by atoms with Gasteiger partial charge in [0.1, 0.15) is 11.9 Å². The van der Waals surface area contributed by atoms with Gasteiger partial charge in [-0.15, -0.1) is 0 Å². The number of aromatic nitrogens is 2. The second-order valence-electron chi connectivity index (χ2n) is 4.71. The van der Waals surface area contributed by atoms with Crippen LogP contribution >= 0.6 is 0 Å². The average Bonchev–Trinajstić information content (AvgIpc) is 3.13. The van der Waals surface area contributed by atoms with Crippen LogP contribution < -0.4 is 0 Å². The summed E-state index contributed by atoms with van der Waals surface area (Å²) in [4.78, 5) is 4.37. The van der Waals surface area contributed by atoms with Crippen molar-refractivity contribution in [2.75, 3.05) is 0 Å². The Labute approximate surface area is 101 Å². The second-order valence-corrected chi connectivity index (χ2v) is 4.71. The first kappa shape index (κ1) is 10.5. The third-order valence-electron chi connectivity index (χ3n) is 3.43. The van der Waals surface area contributed by atoms with Crippen LogP contribution in [0.5, 0.6) is 0 Å². The number of imidazole rings is 1. The first-order valence-corrected chi connectivity index (χ1v) is 6.02. The van der Waals surface area contributed by atoms with E-state index >= 15 is 0 Å². The zero-order chi connectivity index (χ0) is 11.8. The molecule has 3 nitrogen and oxygen atoms in total. The summed E-state index contributed by atoms with van der Waals surface area (Å²) in [6, 6.07) is 10.1. The van der Waals surface area contributed by atoms with Gasteiger partial charge in [0.25, 0.3) is 0 Å². The van der Waals surface area contributed by atoms with E-state index in [2.05, 4.69) is 17.1 Å². The summed E-state index contributed by atoms with van der Waals surface area (Å²) in [5, 5.41) is 10.1. The van der Waals surface area contributed by atoms with Crippen molar-refractivity contribution >= 4 is 0 Å². The van der Waals surface area contributed by atoms with Crippen molar-refractivity contribution in [3.63, 3.8) is 0 Å². The van der Waals surface area contributed by atoms with Gasteiger partial charge in [-0.05, 0) is 24.3 Å². The van der Waals surface area contributed by atoms with Gasteiger partial charge >= 0.3 is 0 Å². The van der Waals surface area contributed by atoms with E-state index in [9.17, 15) is 5.11 Å². The molecular weight excluding hydrogens is 212 g/mol. The molecule has 0 aliphatic heterocycles. The second kappa shape index (κ2) is 4.00. The number of hydrogen-bond donors (Lipinski definition) is 1. The third-order valence-corrected chi connectivity index (χ3v) is 3.43. The molecule has 1 N–H and O–H groups in total. The van der Waals surface area contributed by atoms with Gasteiger partial charge in [0.2, 0.25) is 0 Å². The number of aliphatic hydroxyl groups is 1. The fourth-order valence-electron chi connectivity index (χ4n) is 2.20. The maximum Gasteiger partial charge on any atom is 0.138 e. The lowest BCUT2D eigenvalue weighted by Crippen LogP contribution is -2.08. The molecule has 1 aliphatic carbocycles. The molecule has 0 spiro atoms. The molecule has 1 fully saturated rings. The summed E-state index contributed by atoms with van der Waals surface area (Å²) < 4.78 is 2.00. The molecule has 1 aliphatic rings. The third kappa shape index (κ3) is 1.87. The highest BCUT2D eigenvalue weighted by Crippen LogP contribution is 2.40. The molecule has 0 radical (unpaired) electrons. The van der Waals surface area contributed by atoms with Gasteiger partial charge in [-0.1, -0.05) is 30.3 Å². The quantitative estimate of drug-likeness (QED) is 0.876. The topological polar surface area (TPSA) is 38.0 Å². The minimum atomic E-state index is -0.405. The summed E-state index contributed by atoms with van der Waals surface area (Å²) in [5.41, 5.74) is 2.19.